The molecular formula is C30H26F2N2O4. The zero-order valence-corrected chi connectivity index (χ0v) is 20.8. The lowest BCUT2D eigenvalue weighted by atomic mass is 9.77. The third-order valence-electron chi connectivity index (χ3n) is 6.83. The number of halogens is 2. The standard InChI is InChI=1S/C30H26F2N2O4/c1-37-25-15-9-21(10-16-25)30(36)38-18-27(35)34-29(20-7-13-24(32)14-8-20)26-4-2-3-22(28(26)33-34)17-19-5-11-23(31)12-6-19/h5-17,26,29H,2-4,18H2,1H3. The highest BCUT2D eigenvalue weighted by atomic mass is 19.1. The molecule has 2 atom stereocenters. The number of allylic oxidation sites excluding steroid dienone is 1. The average Bonchev–Trinajstić information content (AvgIpc) is 3.34. The van der Waals surface area contributed by atoms with Crippen LogP contribution in [0.1, 0.15) is 46.8 Å². The lowest BCUT2D eigenvalue weighted by Gasteiger charge is -2.29. The van der Waals surface area contributed by atoms with Gasteiger partial charge in [-0.1, -0.05) is 24.3 Å². The second-order valence-corrected chi connectivity index (χ2v) is 9.24. The van der Waals surface area contributed by atoms with Gasteiger partial charge in [-0.3, -0.25) is 4.79 Å². The molecular weight excluding hydrogens is 490 g/mol. The highest BCUT2D eigenvalue weighted by Gasteiger charge is 2.43. The normalized spacial score (nSPS) is 19.6. The zero-order valence-electron chi connectivity index (χ0n) is 20.8. The number of fused-ring (bicyclic) bond motifs is 1. The fraction of sp³-hybridized carbons (Fsp3) is 0.233. The Kier molecular flexibility index (Phi) is 7.31. The van der Waals surface area contributed by atoms with Gasteiger partial charge in [-0.2, -0.15) is 5.10 Å². The number of rotatable bonds is 6. The Morgan fingerprint density at radius 1 is 0.974 bits per heavy atom. The smallest absolute Gasteiger partial charge is 0.338 e. The quantitative estimate of drug-likeness (QED) is 0.380. The van der Waals surface area contributed by atoms with E-state index in [-0.39, 0.29) is 17.6 Å². The van der Waals surface area contributed by atoms with E-state index >= 15 is 0 Å². The van der Waals surface area contributed by atoms with Gasteiger partial charge in [0, 0.05) is 5.92 Å². The molecule has 3 aromatic rings. The van der Waals surface area contributed by atoms with Gasteiger partial charge in [-0.05, 0) is 90.6 Å². The molecule has 194 valence electrons. The predicted octanol–water partition coefficient (Wildman–Crippen LogP) is 5.95. The molecule has 0 aromatic heterocycles. The molecule has 0 bridgehead atoms. The molecule has 0 radical (unpaired) electrons. The minimum absolute atomic E-state index is 0.109. The van der Waals surface area contributed by atoms with E-state index in [9.17, 15) is 18.4 Å². The van der Waals surface area contributed by atoms with Crippen molar-refractivity contribution in [2.24, 2.45) is 11.0 Å². The van der Waals surface area contributed by atoms with Crippen molar-refractivity contribution in [3.8, 4) is 5.75 Å². The predicted molar refractivity (Wildman–Crippen MR) is 138 cm³/mol. The molecule has 1 fully saturated rings. The van der Waals surface area contributed by atoms with Gasteiger partial charge in [0.15, 0.2) is 6.61 Å². The largest absolute Gasteiger partial charge is 0.497 e. The van der Waals surface area contributed by atoms with E-state index in [4.69, 9.17) is 14.6 Å². The first kappa shape index (κ1) is 25.3. The van der Waals surface area contributed by atoms with E-state index in [1.54, 1.807) is 48.5 Å². The van der Waals surface area contributed by atoms with Gasteiger partial charge < -0.3 is 9.47 Å². The number of hydrogen-bond acceptors (Lipinski definition) is 5. The van der Waals surface area contributed by atoms with Crippen molar-refractivity contribution in [1.82, 2.24) is 5.01 Å². The number of benzene rings is 3. The number of carbonyl (C=O) groups is 2. The Morgan fingerprint density at radius 2 is 1.63 bits per heavy atom. The molecule has 1 aliphatic carbocycles. The van der Waals surface area contributed by atoms with Crippen LogP contribution in [0.4, 0.5) is 8.78 Å². The van der Waals surface area contributed by atoms with E-state index in [0.29, 0.717) is 11.3 Å². The van der Waals surface area contributed by atoms with Crippen molar-refractivity contribution < 1.29 is 27.8 Å². The van der Waals surface area contributed by atoms with Gasteiger partial charge in [-0.15, -0.1) is 0 Å². The molecule has 8 heteroatoms. The molecule has 6 nitrogen and oxygen atoms in total. The van der Waals surface area contributed by atoms with Crippen LogP contribution < -0.4 is 4.74 Å². The Hall–Kier alpha value is -4.33. The number of hydrazone groups is 1. The number of methoxy groups -OCH3 is 1. The fourth-order valence-corrected chi connectivity index (χ4v) is 4.96. The van der Waals surface area contributed by atoms with E-state index in [1.165, 1.54) is 36.4 Å². The Morgan fingerprint density at radius 3 is 2.29 bits per heavy atom. The van der Waals surface area contributed by atoms with E-state index in [2.05, 4.69) is 0 Å². The van der Waals surface area contributed by atoms with Crippen LogP contribution in [-0.4, -0.2) is 36.3 Å². The van der Waals surface area contributed by atoms with Crippen LogP contribution in [0, 0.1) is 17.6 Å². The van der Waals surface area contributed by atoms with Crippen molar-refractivity contribution in [2.45, 2.75) is 25.3 Å². The summed E-state index contributed by atoms with van der Waals surface area (Å²) in [5, 5.41) is 6.07. The lowest BCUT2D eigenvalue weighted by Crippen LogP contribution is -2.34. The maximum absolute atomic E-state index is 13.7. The van der Waals surface area contributed by atoms with Crippen molar-refractivity contribution in [3.05, 3.63) is 107 Å². The molecule has 1 amide bonds. The van der Waals surface area contributed by atoms with Gasteiger partial charge in [0.25, 0.3) is 5.91 Å². The van der Waals surface area contributed by atoms with Crippen LogP contribution in [0.25, 0.3) is 6.08 Å². The Labute approximate surface area is 219 Å². The minimum atomic E-state index is -0.638. The molecule has 1 heterocycles. The van der Waals surface area contributed by atoms with Crippen molar-refractivity contribution in [3.63, 3.8) is 0 Å². The van der Waals surface area contributed by atoms with Crippen LogP contribution in [-0.2, 0) is 9.53 Å². The molecule has 1 saturated carbocycles. The first-order valence-corrected chi connectivity index (χ1v) is 12.4. The second kappa shape index (κ2) is 11.0. The Bertz CT molecular complexity index is 1380. The molecule has 2 aliphatic rings. The first-order valence-electron chi connectivity index (χ1n) is 12.4. The Balaban J connectivity index is 1.41. The highest BCUT2D eigenvalue weighted by molar-refractivity contribution is 6.08. The van der Waals surface area contributed by atoms with Crippen LogP contribution in [0.3, 0.4) is 0 Å². The number of ether oxygens (including phenoxy) is 2. The van der Waals surface area contributed by atoms with Crippen molar-refractivity contribution in [2.75, 3.05) is 13.7 Å². The highest BCUT2D eigenvalue weighted by Crippen LogP contribution is 2.44. The maximum atomic E-state index is 13.7. The molecule has 0 N–H and O–H groups in total. The minimum Gasteiger partial charge on any atom is -0.497 e. The molecule has 2 unspecified atom stereocenters. The number of hydrogen-bond donors (Lipinski definition) is 0. The lowest BCUT2D eigenvalue weighted by molar-refractivity contribution is -0.137. The molecule has 0 saturated heterocycles. The topological polar surface area (TPSA) is 68.2 Å². The van der Waals surface area contributed by atoms with Gasteiger partial charge in [0.2, 0.25) is 0 Å². The van der Waals surface area contributed by atoms with Crippen LogP contribution in [0.5, 0.6) is 5.75 Å². The number of nitrogens with zero attached hydrogens (tertiary/aromatic N) is 2. The van der Waals surface area contributed by atoms with Crippen LogP contribution in [0.2, 0.25) is 0 Å². The van der Waals surface area contributed by atoms with Gasteiger partial charge in [0.1, 0.15) is 17.4 Å². The van der Waals surface area contributed by atoms with Crippen molar-refractivity contribution >= 4 is 23.7 Å². The summed E-state index contributed by atoms with van der Waals surface area (Å²) >= 11 is 0. The molecule has 5 rings (SSSR count). The summed E-state index contributed by atoms with van der Waals surface area (Å²) in [4.78, 5) is 25.9. The monoisotopic (exact) mass is 516 g/mol. The molecule has 3 aromatic carbocycles. The summed E-state index contributed by atoms with van der Waals surface area (Å²) in [5.41, 5.74) is 3.60. The van der Waals surface area contributed by atoms with E-state index < -0.39 is 24.5 Å². The summed E-state index contributed by atoms with van der Waals surface area (Å²) in [6, 6.07) is 18.1. The third-order valence-corrected chi connectivity index (χ3v) is 6.83. The zero-order chi connectivity index (χ0) is 26.6. The third kappa shape index (κ3) is 5.34. The number of esters is 1. The average molecular weight is 517 g/mol. The van der Waals surface area contributed by atoms with Gasteiger partial charge >= 0.3 is 5.97 Å². The van der Waals surface area contributed by atoms with E-state index in [0.717, 1.165) is 41.7 Å². The maximum Gasteiger partial charge on any atom is 0.338 e. The van der Waals surface area contributed by atoms with Crippen LogP contribution >= 0.6 is 0 Å². The molecule has 0 spiro atoms. The summed E-state index contributed by atoms with van der Waals surface area (Å²) in [6.45, 7) is -0.497. The molecule has 38 heavy (non-hydrogen) atoms. The fourth-order valence-electron chi connectivity index (χ4n) is 4.96. The van der Waals surface area contributed by atoms with Gasteiger partial charge in [0.05, 0.1) is 24.4 Å². The van der Waals surface area contributed by atoms with E-state index in [1.807, 2.05) is 6.08 Å². The summed E-state index contributed by atoms with van der Waals surface area (Å²) in [7, 11) is 1.53. The molecule has 1 aliphatic heterocycles. The second-order valence-electron chi connectivity index (χ2n) is 9.24. The summed E-state index contributed by atoms with van der Waals surface area (Å²) in [6.07, 6.45) is 4.39. The number of amides is 1. The van der Waals surface area contributed by atoms with Crippen molar-refractivity contribution in [1.29, 1.82) is 0 Å². The van der Waals surface area contributed by atoms with Crippen LogP contribution in [0.15, 0.2) is 83.5 Å². The summed E-state index contributed by atoms with van der Waals surface area (Å²) < 4.78 is 37.5. The summed E-state index contributed by atoms with van der Waals surface area (Å²) in [5.74, 6) is -1.32. The first-order chi connectivity index (χ1) is 18.4. The van der Waals surface area contributed by atoms with Gasteiger partial charge in [-0.25, -0.2) is 18.6 Å². The SMILES string of the molecule is COc1ccc(C(=O)OCC(=O)N2N=C3C(=Cc4ccc(F)cc4)CCCC3C2c2ccc(F)cc2)cc1. The number of carbonyl (C=O) groups excluding carboxylic acids is 2.